The van der Waals surface area contributed by atoms with Gasteiger partial charge in [0.05, 0.1) is 5.71 Å². The first-order valence-corrected chi connectivity index (χ1v) is 4.74. The van der Waals surface area contributed by atoms with E-state index in [1.807, 2.05) is 0 Å². The second kappa shape index (κ2) is 3.02. The van der Waals surface area contributed by atoms with Gasteiger partial charge in [-0.25, -0.2) is 0 Å². The summed E-state index contributed by atoms with van der Waals surface area (Å²) in [6, 6.07) is 0.652. The van der Waals surface area contributed by atoms with Crippen molar-refractivity contribution in [2.45, 2.75) is 26.3 Å². The maximum absolute atomic E-state index is 4.53. The lowest BCUT2D eigenvalue weighted by Gasteiger charge is -2.17. The van der Waals surface area contributed by atoms with E-state index in [2.05, 4.69) is 29.8 Å². The number of nitrogens with zero attached hydrogens (tertiary/aromatic N) is 2. The number of aliphatic imine (C=N–C) groups is 1. The van der Waals surface area contributed by atoms with Crippen LogP contribution in [0.15, 0.2) is 16.6 Å². The van der Waals surface area contributed by atoms with Crippen molar-refractivity contribution in [3.8, 4) is 0 Å². The van der Waals surface area contributed by atoms with Gasteiger partial charge in [-0.1, -0.05) is 6.08 Å². The van der Waals surface area contributed by atoms with Crippen molar-refractivity contribution in [3.05, 3.63) is 11.6 Å². The molecule has 0 unspecified atom stereocenters. The van der Waals surface area contributed by atoms with Crippen LogP contribution in [0.25, 0.3) is 0 Å². The molecule has 0 aromatic rings. The van der Waals surface area contributed by atoms with Gasteiger partial charge in [-0.15, -0.1) is 0 Å². The number of fused-ring (bicyclic) bond motifs is 1. The van der Waals surface area contributed by atoms with E-state index in [0.717, 1.165) is 26.1 Å². The summed E-state index contributed by atoms with van der Waals surface area (Å²) in [5, 5.41) is 0. The molecule has 0 bridgehead atoms. The molecule has 1 fully saturated rings. The van der Waals surface area contributed by atoms with Crippen molar-refractivity contribution in [1.82, 2.24) is 4.90 Å². The van der Waals surface area contributed by atoms with E-state index in [-0.39, 0.29) is 0 Å². The fourth-order valence-electron chi connectivity index (χ4n) is 1.80. The van der Waals surface area contributed by atoms with Gasteiger partial charge in [-0.05, 0) is 25.8 Å². The molecule has 0 radical (unpaired) electrons. The summed E-state index contributed by atoms with van der Waals surface area (Å²) in [5.74, 6) is 0. The number of hydrogen-bond donors (Lipinski definition) is 0. The summed E-state index contributed by atoms with van der Waals surface area (Å²) in [6.07, 6.45) is 3.50. The Kier molecular flexibility index (Phi) is 2.01. The first-order chi connectivity index (χ1) is 5.77. The average molecular weight is 164 g/mol. The highest BCUT2D eigenvalue weighted by atomic mass is 15.2. The summed E-state index contributed by atoms with van der Waals surface area (Å²) in [5.41, 5.74) is 2.82. The molecule has 2 aliphatic heterocycles. The Balaban J connectivity index is 2.13. The molecule has 2 heterocycles. The molecule has 0 aromatic heterocycles. The van der Waals surface area contributed by atoms with Crippen LogP contribution in [0.5, 0.6) is 0 Å². The summed E-state index contributed by atoms with van der Waals surface area (Å²) in [4.78, 5) is 7.00. The summed E-state index contributed by atoms with van der Waals surface area (Å²) >= 11 is 0. The highest BCUT2D eigenvalue weighted by molar-refractivity contribution is 6.04. The van der Waals surface area contributed by atoms with E-state index in [1.165, 1.54) is 11.3 Å². The third-order valence-electron chi connectivity index (χ3n) is 2.65. The standard InChI is InChI=1S/C10H16N2/c1-8(2)12-6-9-4-3-5-11-10(9)7-12/h4,8H,3,5-7H2,1-2H3. The maximum atomic E-state index is 4.53. The zero-order valence-corrected chi connectivity index (χ0v) is 7.88. The van der Waals surface area contributed by atoms with Gasteiger partial charge in [0, 0.05) is 25.7 Å². The number of likely N-dealkylation sites (tertiary alicyclic amines) is 1. The van der Waals surface area contributed by atoms with Crippen LogP contribution >= 0.6 is 0 Å². The van der Waals surface area contributed by atoms with Crippen LogP contribution < -0.4 is 0 Å². The van der Waals surface area contributed by atoms with E-state index in [9.17, 15) is 0 Å². The molecule has 0 saturated carbocycles. The Morgan fingerprint density at radius 1 is 1.42 bits per heavy atom. The van der Waals surface area contributed by atoms with Crippen LogP contribution in [0.2, 0.25) is 0 Å². The molecule has 0 atom stereocenters. The molecule has 1 saturated heterocycles. The Labute approximate surface area is 74.0 Å². The molecule has 66 valence electrons. The lowest BCUT2D eigenvalue weighted by molar-refractivity contribution is 0.294. The van der Waals surface area contributed by atoms with Crippen molar-refractivity contribution in [2.24, 2.45) is 4.99 Å². The molecule has 2 heteroatoms. The molecule has 0 amide bonds. The van der Waals surface area contributed by atoms with Crippen LogP contribution in [0.1, 0.15) is 20.3 Å². The average Bonchev–Trinajstić information content (AvgIpc) is 2.46. The van der Waals surface area contributed by atoms with E-state index in [0.29, 0.717) is 6.04 Å². The molecule has 2 rings (SSSR count). The van der Waals surface area contributed by atoms with Gasteiger partial charge >= 0.3 is 0 Å². The molecule has 0 aromatic carbocycles. The Morgan fingerprint density at radius 2 is 2.25 bits per heavy atom. The molecular formula is C10H16N2. The summed E-state index contributed by atoms with van der Waals surface area (Å²) < 4.78 is 0. The fraction of sp³-hybridized carbons (Fsp3) is 0.700. The van der Waals surface area contributed by atoms with Gasteiger partial charge in [0.2, 0.25) is 0 Å². The minimum absolute atomic E-state index is 0.652. The van der Waals surface area contributed by atoms with Crippen LogP contribution in [0.3, 0.4) is 0 Å². The molecule has 2 aliphatic rings. The van der Waals surface area contributed by atoms with Crippen molar-refractivity contribution < 1.29 is 0 Å². The molecule has 0 spiro atoms. The lowest BCUT2D eigenvalue weighted by Crippen LogP contribution is -2.28. The Hall–Kier alpha value is -0.630. The molecule has 12 heavy (non-hydrogen) atoms. The van der Waals surface area contributed by atoms with E-state index >= 15 is 0 Å². The van der Waals surface area contributed by atoms with Crippen molar-refractivity contribution >= 4 is 5.71 Å². The predicted molar refractivity (Wildman–Crippen MR) is 51.7 cm³/mol. The molecular weight excluding hydrogens is 148 g/mol. The van der Waals surface area contributed by atoms with Crippen molar-refractivity contribution in [3.63, 3.8) is 0 Å². The van der Waals surface area contributed by atoms with Crippen molar-refractivity contribution in [2.75, 3.05) is 19.6 Å². The number of dihydropyridines is 1. The number of hydrogen-bond acceptors (Lipinski definition) is 2. The first-order valence-electron chi connectivity index (χ1n) is 4.74. The summed E-state index contributed by atoms with van der Waals surface area (Å²) in [6.45, 7) is 7.70. The third kappa shape index (κ3) is 1.31. The third-order valence-corrected chi connectivity index (χ3v) is 2.65. The van der Waals surface area contributed by atoms with E-state index in [1.54, 1.807) is 0 Å². The largest absolute Gasteiger partial charge is 0.291 e. The van der Waals surface area contributed by atoms with Gasteiger partial charge in [0.15, 0.2) is 0 Å². The minimum Gasteiger partial charge on any atom is -0.291 e. The zero-order valence-electron chi connectivity index (χ0n) is 7.88. The quantitative estimate of drug-likeness (QED) is 0.573. The molecule has 0 aliphatic carbocycles. The Bertz CT molecular complexity index is 216. The fourth-order valence-corrected chi connectivity index (χ4v) is 1.80. The van der Waals surface area contributed by atoms with Crippen LogP contribution in [-0.2, 0) is 0 Å². The topological polar surface area (TPSA) is 15.6 Å². The molecule has 2 nitrogen and oxygen atoms in total. The smallest absolute Gasteiger partial charge is 0.0530 e. The SMILES string of the molecule is CC(C)N1CC2=CCCN=C2C1. The lowest BCUT2D eigenvalue weighted by atomic mass is 10.1. The number of rotatable bonds is 1. The van der Waals surface area contributed by atoms with Gasteiger partial charge in [-0.3, -0.25) is 9.89 Å². The molecule has 0 N–H and O–H groups in total. The van der Waals surface area contributed by atoms with E-state index in [4.69, 9.17) is 0 Å². The second-order valence-electron chi connectivity index (χ2n) is 3.85. The highest BCUT2D eigenvalue weighted by Crippen LogP contribution is 2.19. The normalized spacial score (nSPS) is 23.9. The van der Waals surface area contributed by atoms with Gasteiger partial charge in [0.1, 0.15) is 0 Å². The minimum atomic E-state index is 0.652. The van der Waals surface area contributed by atoms with Gasteiger partial charge in [-0.2, -0.15) is 0 Å². The van der Waals surface area contributed by atoms with Gasteiger partial charge < -0.3 is 0 Å². The van der Waals surface area contributed by atoms with Gasteiger partial charge in [0.25, 0.3) is 0 Å². The maximum Gasteiger partial charge on any atom is 0.0530 e. The van der Waals surface area contributed by atoms with Crippen molar-refractivity contribution in [1.29, 1.82) is 0 Å². The van der Waals surface area contributed by atoms with Crippen LogP contribution in [0, 0.1) is 0 Å². The predicted octanol–water partition coefficient (Wildman–Crippen LogP) is 1.48. The second-order valence-corrected chi connectivity index (χ2v) is 3.85. The Morgan fingerprint density at radius 3 is 2.92 bits per heavy atom. The highest BCUT2D eigenvalue weighted by Gasteiger charge is 2.25. The van der Waals surface area contributed by atoms with E-state index < -0.39 is 0 Å². The van der Waals surface area contributed by atoms with Crippen LogP contribution in [-0.4, -0.2) is 36.3 Å². The van der Waals surface area contributed by atoms with Crippen LogP contribution in [0.4, 0.5) is 0 Å². The first kappa shape index (κ1) is 7.99. The monoisotopic (exact) mass is 164 g/mol. The summed E-state index contributed by atoms with van der Waals surface area (Å²) in [7, 11) is 0. The zero-order chi connectivity index (χ0) is 8.55.